The van der Waals surface area contributed by atoms with Gasteiger partial charge in [0.05, 0.1) is 4.90 Å². The maximum absolute atomic E-state index is 13.6. The number of benzene rings is 3. The highest BCUT2D eigenvalue weighted by molar-refractivity contribution is 9.10. The molecule has 164 valence electrons. The van der Waals surface area contributed by atoms with Gasteiger partial charge in [0.25, 0.3) is 0 Å². The van der Waals surface area contributed by atoms with E-state index in [1.54, 1.807) is 43.3 Å². The fourth-order valence-electron chi connectivity index (χ4n) is 4.11. The van der Waals surface area contributed by atoms with Crippen molar-refractivity contribution in [2.45, 2.75) is 30.7 Å². The summed E-state index contributed by atoms with van der Waals surface area (Å²) >= 11 is 3.34. The summed E-state index contributed by atoms with van der Waals surface area (Å²) in [5.74, 6) is 0.150. The van der Waals surface area contributed by atoms with Crippen molar-refractivity contribution in [3.8, 4) is 11.1 Å². The average molecular weight is 515 g/mol. The average Bonchev–Trinajstić information content (AvgIpc) is 3.42. The number of oxazole rings is 1. The Labute approximate surface area is 194 Å². The minimum absolute atomic E-state index is 0.244. The van der Waals surface area contributed by atoms with Gasteiger partial charge in [-0.25, -0.2) is 17.8 Å². The molecule has 32 heavy (non-hydrogen) atoms. The van der Waals surface area contributed by atoms with Crippen LogP contribution in [0.5, 0.6) is 0 Å². The van der Waals surface area contributed by atoms with Gasteiger partial charge in [-0.05, 0) is 85.0 Å². The third kappa shape index (κ3) is 3.76. The number of nitrogens with zero attached hydrogens (tertiary/aromatic N) is 2. The minimum atomic E-state index is -3.67. The lowest BCUT2D eigenvalue weighted by molar-refractivity contribution is 0.337. The molecule has 8 heteroatoms. The second-order valence-electron chi connectivity index (χ2n) is 7.93. The molecular formula is C24H20BrFN2O3S. The van der Waals surface area contributed by atoms with Crippen molar-refractivity contribution in [2.24, 2.45) is 0 Å². The van der Waals surface area contributed by atoms with E-state index >= 15 is 0 Å². The summed E-state index contributed by atoms with van der Waals surface area (Å²) in [5.41, 5.74) is 3.59. The van der Waals surface area contributed by atoms with E-state index in [0.29, 0.717) is 35.5 Å². The highest BCUT2D eigenvalue weighted by atomic mass is 79.9. The lowest BCUT2D eigenvalue weighted by Gasteiger charge is -2.21. The van der Waals surface area contributed by atoms with Gasteiger partial charge in [0.1, 0.15) is 17.4 Å². The first-order valence-corrected chi connectivity index (χ1v) is 12.5. The fraction of sp³-hybridized carbons (Fsp3) is 0.208. The minimum Gasteiger partial charge on any atom is -0.439 e. The van der Waals surface area contributed by atoms with Gasteiger partial charge >= 0.3 is 0 Å². The van der Waals surface area contributed by atoms with Crippen molar-refractivity contribution >= 4 is 37.1 Å². The van der Waals surface area contributed by atoms with Gasteiger partial charge in [0.2, 0.25) is 15.9 Å². The number of aryl methyl sites for hydroxylation is 1. The zero-order chi connectivity index (χ0) is 22.5. The van der Waals surface area contributed by atoms with Crippen molar-refractivity contribution in [1.29, 1.82) is 0 Å². The van der Waals surface area contributed by atoms with Gasteiger partial charge in [-0.1, -0.05) is 28.1 Å². The molecule has 1 unspecified atom stereocenters. The predicted molar refractivity (Wildman–Crippen MR) is 124 cm³/mol. The van der Waals surface area contributed by atoms with Crippen LogP contribution in [0.1, 0.15) is 30.3 Å². The van der Waals surface area contributed by atoms with Gasteiger partial charge in [0.15, 0.2) is 5.58 Å². The second kappa shape index (κ2) is 8.10. The van der Waals surface area contributed by atoms with Gasteiger partial charge in [-0.2, -0.15) is 4.31 Å². The van der Waals surface area contributed by atoms with Gasteiger partial charge in [0, 0.05) is 11.0 Å². The highest BCUT2D eigenvalue weighted by Crippen LogP contribution is 2.38. The van der Waals surface area contributed by atoms with Crippen molar-refractivity contribution < 1.29 is 17.2 Å². The number of aromatic nitrogens is 1. The molecule has 1 saturated heterocycles. The van der Waals surface area contributed by atoms with Crippen LogP contribution in [0.2, 0.25) is 0 Å². The molecule has 1 aromatic heterocycles. The van der Waals surface area contributed by atoms with E-state index in [0.717, 1.165) is 22.0 Å². The number of halogens is 2. The van der Waals surface area contributed by atoms with E-state index in [9.17, 15) is 12.8 Å². The number of sulfonamides is 1. The first kappa shape index (κ1) is 21.3. The van der Waals surface area contributed by atoms with Crippen LogP contribution in [0.4, 0.5) is 4.39 Å². The smallest absolute Gasteiger partial charge is 0.243 e. The summed E-state index contributed by atoms with van der Waals surface area (Å²) in [6.07, 6.45) is 1.38. The first-order valence-electron chi connectivity index (χ1n) is 10.3. The number of fused-ring (bicyclic) bond motifs is 1. The van der Waals surface area contributed by atoms with E-state index in [-0.39, 0.29) is 10.7 Å². The second-order valence-corrected chi connectivity index (χ2v) is 10.7. The van der Waals surface area contributed by atoms with Crippen LogP contribution in [0.15, 0.2) is 74.4 Å². The Hall–Kier alpha value is -2.55. The Morgan fingerprint density at radius 1 is 1.06 bits per heavy atom. The summed E-state index contributed by atoms with van der Waals surface area (Å²) < 4.78 is 48.4. The number of hydrogen-bond acceptors (Lipinski definition) is 4. The van der Waals surface area contributed by atoms with Crippen molar-refractivity contribution in [3.05, 3.63) is 82.4 Å². The van der Waals surface area contributed by atoms with E-state index in [1.165, 1.54) is 10.4 Å². The molecule has 0 bridgehead atoms. The maximum Gasteiger partial charge on any atom is 0.243 e. The molecule has 2 heterocycles. The Morgan fingerprint density at radius 2 is 1.78 bits per heavy atom. The monoisotopic (exact) mass is 514 g/mol. The molecule has 0 N–H and O–H groups in total. The van der Waals surface area contributed by atoms with E-state index in [2.05, 4.69) is 20.9 Å². The molecule has 0 aliphatic carbocycles. The molecule has 1 fully saturated rings. The van der Waals surface area contributed by atoms with Crippen LogP contribution >= 0.6 is 15.9 Å². The van der Waals surface area contributed by atoms with Crippen LogP contribution in [0.3, 0.4) is 0 Å². The fourth-order valence-corrected chi connectivity index (χ4v) is 6.02. The SMILES string of the molecule is Cc1cc(-c2ccc3oc(C4CCCN4S(=O)(=O)c4ccc(Br)cc4)nc3c2)ccc1F. The Balaban J connectivity index is 1.49. The molecule has 0 spiro atoms. The lowest BCUT2D eigenvalue weighted by atomic mass is 10.0. The van der Waals surface area contributed by atoms with Crippen LogP contribution in [-0.4, -0.2) is 24.3 Å². The number of rotatable bonds is 4. The largest absolute Gasteiger partial charge is 0.439 e. The van der Waals surface area contributed by atoms with E-state index in [1.807, 2.05) is 18.2 Å². The Morgan fingerprint density at radius 3 is 2.53 bits per heavy atom. The normalized spacial score (nSPS) is 17.3. The van der Waals surface area contributed by atoms with Crippen LogP contribution in [-0.2, 0) is 10.0 Å². The van der Waals surface area contributed by atoms with Crippen LogP contribution in [0.25, 0.3) is 22.2 Å². The quantitative estimate of drug-likeness (QED) is 0.323. The van der Waals surface area contributed by atoms with Gasteiger partial charge < -0.3 is 4.42 Å². The lowest BCUT2D eigenvalue weighted by Crippen LogP contribution is -2.30. The third-order valence-corrected chi connectivity index (χ3v) is 8.26. The summed E-state index contributed by atoms with van der Waals surface area (Å²) in [6, 6.07) is 16.8. The highest BCUT2D eigenvalue weighted by Gasteiger charge is 2.39. The Kier molecular flexibility index (Phi) is 5.39. The first-order chi connectivity index (χ1) is 15.3. The summed E-state index contributed by atoms with van der Waals surface area (Å²) in [6.45, 7) is 2.15. The molecule has 1 aliphatic heterocycles. The molecule has 5 rings (SSSR count). The van der Waals surface area contributed by atoms with Crippen molar-refractivity contribution in [1.82, 2.24) is 9.29 Å². The zero-order valence-electron chi connectivity index (χ0n) is 17.3. The zero-order valence-corrected chi connectivity index (χ0v) is 19.7. The molecule has 3 aromatic carbocycles. The predicted octanol–water partition coefficient (Wildman–Crippen LogP) is 6.23. The van der Waals surface area contributed by atoms with Crippen molar-refractivity contribution in [2.75, 3.05) is 6.54 Å². The molecule has 0 radical (unpaired) electrons. The molecule has 5 nitrogen and oxygen atoms in total. The Bertz CT molecular complexity index is 1420. The van der Waals surface area contributed by atoms with E-state index < -0.39 is 16.1 Å². The van der Waals surface area contributed by atoms with Crippen LogP contribution < -0.4 is 0 Å². The topological polar surface area (TPSA) is 63.4 Å². The molecule has 1 atom stereocenters. The standard InChI is InChI=1S/C24H20BrFN2O3S/c1-15-13-16(4-10-20(15)26)17-5-11-23-21(14-17)27-24(31-23)22-3-2-12-28(22)32(29,30)19-8-6-18(25)7-9-19/h4-11,13-14,22H,2-3,12H2,1H3. The third-order valence-electron chi connectivity index (χ3n) is 5.80. The molecular weight excluding hydrogens is 495 g/mol. The molecule has 4 aromatic rings. The maximum atomic E-state index is 13.6. The number of hydrogen-bond donors (Lipinski definition) is 0. The van der Waals surface area contributed by atoms with E-state index in [4.69, 9.17) is 4.42 Å². The van der Waals surface area contributed by atoms with Gasteiger partial charge in [-0.3, -0.25) is 0 Å². The van der Waals surface area contributed by atoms with Crippen molar-refractivity contribution in [3.63, 3.8) is 0 Å². The molecule has 0 amide bonds. The summed E-state index contributed by atoms with van der Waals surface area (Å²) in [5, 5.41) is 0. The van der Waals surface area contributed by atoms with Crippen LogP contribution in [0, 0.1) is 12.7 Å². The molecule has 0 saturated carbocycles. The van der Waals surface area contributed by atoms with Gasteiger partial charge in [-0.15, -0.1) is 0 Å². The molecule has 1 aliphatic rings. The summed E-state index contributed by atoms with van der Waals surface area (Å²) in [4.78, 5) is 4.89. The summed E-state index contributed by atoms with van der Waals surface area (Å²) in [7, 11) is -3.67.